The lowest BCUT2D eigenvalue weighted by Crippen LogP contribution is -2.00. The first-order valence-corrected chi connectivity index (χ1v) is 5.56. The quantitative estimate of drug-likeness (QED) is 0.923. The third-order valence-electron chi connectivity index (χ3n) is 2.86. The third kappa shape index (κ3) is 2.29. The van der Waals surface area contributed by atoms with Gasteiger partial charge < -0.3 is 9.84 Å². The predicted octanol–water partition coefficient (Wildman–Crippen LogP) is 2.24. The summed E-state index contributed by atoms with van der Waals surface area (Å²) in [5.74, 6) is -1.18. The van der Waals surface area contributed by atoms with Gasteiger partial charge in [-0.05, 0) is 24.6 Å². The van der Waals surface area contributed by atoms with Gasteiger partial charge >= 0.3 is 5.97 Å². The van der Waals surface area contributed by atoms with Gasteiger partial charge in [-0.3, -0.25) is 4.68 Å². The highest BCUT2D eigenvalue weighted by Crippen LogP contribution is 2.29. The van der Waals surface area contributed by atoms with Crippen molar-refractivity contribution in [3.8, 4) is 17.0 Å². The molecule has 100 valence electrons. The van der Waals surface area contributed by atoms with Gasteiger partial charge in [-0.1, -0.05) is 0 Å². The minimum absolute atomic E-state index is 0.120. The fraction of sp³-hybridized carbons (Fsp3) is 0.231. The van der Waals surface area contributed by atoms with Gasteiger partial charge in [0.25, 0.3) is 0 Å². The zero-order chi connectivity index (χ0) is 14.2. The number of hydrogen-bond donors (Lipinski definition) is 1. The first-order valence-electron chi connectivity index (χ1n) is 5.56. The Morgan fingerprint density at radius 1 is 1.42 bits per heavy atom. The van der Waals surface area contributed by atoms with Gasteiger partial charge in [0.15, 0.2) is 5.69 Å². The normalized spacial score (nSPS) is 10.5. The topological polar surface area (TPSA) is 64.3 Å². The zero-order valence-electron chi connectivity index (χ0n) is 10.8. The molecule has 1 aromatic heterocycles. The van der Waals surface area contributed by atoms with Crippen molar-refractivity contribution in [2.24, 2.45) is 7.05 Å². The third-order valence-corrected chi connectivity index (χ3v) is 2.86. The molecular formula is C13H13FN2O3. The van der Waals surface area contributed by atoms with Gasteiger partial charge in [-0.2, -0.15) is 5.10 Å². The van der Waals surface area contributed by atoms with E-state index in [4.69, 9.17) is 9.84 Å². The molecule has 5 nitrogen and oxygen atoms in total. The van der Waals surface area contributed by atoms with Crippen molar-refractivity contribution in [3.63, 3.8) is 0 Å². The van der Waals surface area contributed by atoms with Crippen LogP contribution in [0.15, 0.2) is 18.2 Å². The van der Waals surface area contributed by atoms with Crippen LogP contribution in [0.25, 0.3) is 11.3 Å². The average Bonchev–Trinajstić information content (AvgIpc) is 2.74. The van der Waals surface area contributed by atoms with E-state index in [9.17, 15) is 9.18 Å². The Morgan fingerprint density at radius 3 is 2.63 bits per heavy atom. The fourth-order valence-corrected chi connectivity index (χ4v) is 1.90. The van der Waals surface area contributed by atoms with Gasteiger partial charge in [0, 0.05) is 18.7 Å². The Kier molecular flexibility index (Phi) is 3.25. The first-order chi connectivity index (χ1) is 8.93. The van der Waals surface area contributed by atoms with Gasteiger partial charge in [-0.25, -0.2) is 9.18 Å². The molecule has 2 aromatic rings. The predicted molar refractivity (Wildman–Crippen MR) is 66.9 cm³/mol. The smallest absolute Gasteiger partial charge is 0.356 e. The SMILES string of the molecule is COc1cc(F)c(-c2cc(C(=O)O)nn2C)cc1C. The second-order valence-corrected chi connectivity index (χ2v) is 4.15. The van der Waals surface area contributed by atoms with Crippen molar-refractivity contribution < 1.29 is 19.0 Å². The molecule has 0 bridgehead atoms. The second kappa shape index (κ2) is 4.72. The lowest BCUT2D eigenvalue weighted by atomic mass is 10.1. The molecule has 0 aliphatic heterocycles. The number of carboxylic acid groups (broad SMARTS) is 1. The molecule has 1 aromatic carbocycles. The zero-order valence-corrected chi connectivity index (χ0v) is 10.8. The minimum Gasteiger partial charge on any atom is -0.496 e. The molecule has 19 heavy (non-hydrogen) atoms. The summed E-state index contributed by atoms with van der Waals surface area (Å²) < 4.78 is 20.4. The molecule has 1 heterocycles. The molecule has 0 aliphatic carbocycles. The number of carbonyl (C=O) groups is 1. The molecule has 0 saturated heterocycles. The molecule has 2 rings (SSSR count). The van der Waals surface area contributed by atoms with Gasteiger partial charge in [-0.15, -0.1) is 0 Å². The molecule has 0 aliphatic rings. The van der Waals surface area contributed by atoms with Crippen LogP contribution in [-0.4, -0.2) is 28.0 Å². The van der Waals surface area contributed by atoms with E-state index in [0.717, 1.165) is 5.56 Å². The van der Waals surface area contributed by atoms with Gasteiger partial charge in [0.1, 0.15) is 11.6 Å². The van der Waals surface area contributed by atoms with Crippen molar-refractivity contribution in [2.45, 2.75) is 6.92 Å². The number of rotatable bonds is 3. The molecule has 1 N–H and O–H groups in total. The number of aromatic nitrogens is 2. The number of methoxy groups -OCH3 is 1. The number of aromatic carboxylic acids is 1. The van der Waals surface area contributed by atoms with Crippen molar-refractivity contribution in [1.82, 2.24) is 9.78 Å². The molecule has 0 spiro atoms. The lowest BCUT2D eigenvalue weighted by Gasteiger charge is -2.09. The molecule has 6 heteroatoms. The van der Waals surface area contributed by atoms with Crippen molar-refractivity contribution in [2.75, 3.05) is 7.11 Å². The molecule has 0 saturated carbocycles. The average molecular weight is 264 g/mol. The summed E-state index contributed by atoms with van der Waals surface area (Å²) in [6, 6.07) is 4.22. The maximum absolute atomic E-state index is 14.0. The van der Waals surface area contributed by atoms with E-state index in [1.807, 2.05) is 0 Å². The highest BCUT2D eigenvalue weighted by Gasteiger charge is 2.17. The summed E-state index contributed by atoms with van der Waals surface area (Å²) >= 11 is 0. The maximum Gasteiger partial charge on any atom is 0.356 e. The number of ether oxygens (including phenoxy) is 1. The Bertz CT molecular complexity index is 650. The summed E-state index contributed by atoms with van der Waals surface area (Å²) in [5, 5.41) is 12.7. The molecule has 0 radical (unpaired) electrons. The van der Waals surface area contributed by atoms with Crippen LogP contribution in [0.4, 0.5) is 4.39 Å². The monoisotopic (exact) mass is 264 g/mol. The Labute approximate surface area is 109 Å². The van der Waals surface area contributed by atoms with Crippen LogP contribution in [0.5, 0.6) is 5.75 Å². The summed E-state index contributed by atoms with van der Waals surface area (Å²) in [6.07, 6.45) is 0. The van der Waals surface area contributed by atoms with Crippen LogP contribution in [0.2, 0.25) is 0 Å². The van der Waals surface area contributed by atoms with Crippen LogP contribution < -0.4 is 4.74 Å². The minimum atomic E-state index is -1.15. The number of benzene rings is 1. The lowest BCUT2D eigenvalue weighted by molar-refractivity contribution is 0.0689. The van der Waals surface area contributed by atoms with Crippen molar-refractivity contribution in [1.29, 1.82) is 0 Å². The number of aryl methyl sites for hydroxylation is 2. The van der Waals surface area contributed by atoms with Crippen molar-refractivity contribution in [3.05, 3.63) is 35.3 Å². The van der Waals surface area contributed by atoms with Crippen LogP contribution in [0.1, 0.15) is 16.1 Å². The van der Waals surface area contributed by atoms with Gasteiger partial charge in [0.05, 0.1) is 12.8 Å². The number of carboxylic acids is 1. The van der Waals surface area contributed by atoms with E-state index in [2.05, 4.69) is 5.10 Å². The first kappa shape index (κ1) is 13.1. The highest BCUT2D eigenvalue weighted by atomic mass is 19.1. The second-order valence-electron chi connectivity index (χ2n) is 4.15. The van der Waals surface area contributed by atoms with E-state index in [1.165, 1.54) is 23.9 Å². The summed E-state index contributed by atoms with van der Waals surface area (Å²) in [6.45, 7) is 1.79. The largest absolute Gasteiger partial charge is 0.496 e. The Hall–Kier alpha value is -2.37. The fourth-order valence-electron chi connectivity index (χ4n) is 1.90. The standard InChI is InChI=1S/C13H13FN2O3/c1-7-4-8(9(14)5-12(7)19-3)11-6-10(13(17)18)15-16(11)2/h4-6H,1-3H3,(H,17,18). The molecular weight excluding hydrogens is 251 g/mol. The van der Waals surface area contributed by atoms with E-state index < -0.39 is 11.8 Å². The summed E-state index contributed by atoms with van der Waals surface area (Å²) in [4.78, 5) is 10.9. The van der Waals surface area contributed by atoms with E-state index in [1.54, 1.807) is 20.0 Å². The van der Waals surface area contributed by atoms with Gasteiger partial charge in [0.2, 0.25) is 0 Å². The Morgan fingerprint density at radius 2 is 2.11 bits per heavy atom. The van der Waals surface area contributed by atoms with Crippen molar-refractivity contribution >= 4 is 5.97 Å². The molecule has 0 amide bonds. The highest BCUT2D eigenvalue weighted by molar-refractivity contribution is 5.87. The molecule has 0 fully saturated rings. The van der Waals surface area contributed by atoms with E-state index in [-0.39, 0.29) is 5.69 Å². The molecule has 0 unspecified atom stereocenters. The number of nitrogens with zero attached hydrogens (tertiary/aromatic N) is 2. The van der Waals surface area contributed by atoms with Crippen LogP contribution in [0.3, 0.4) is 0 Å². The number of hydrogen-bond acceptors (Lipinski definition) is 3. The van der Waals surface area contributed by atoms with E-state index in [0.29, 0.717) is 17.0 Å². The Balaban J connectivity index is 2.59. The summed E-state index contributed by atoms with van der Waals surface area (Å²) in [5.41, 5.74) is 1.34. The maximum atomic E-state index is 14.0. The van der Waals surface area contributed by atoms with Crippen LogP contribution in [0, 0.1) is 12.7 Å². The van der Waals surface area contributed by atoms with Crippen LogP contribution in [-0.2, 0) is 7.05 Å². The summed E-state index contributed by atoms with van der Waals surface area (Å²) in [7, 11) is 3.04. The number of halogens is 1. The van der Waals surface area contributed by atoms with Crippen LogP contribution >= 0.6 is 0 Å². The molecule has 0 atom stereocenters. The van der Waals surface area contributed by atoms with E-state index >= 15 is 0 Å².